The summed E-state index contributed by atoms with van der Waals surface area (Å²) < 4.78 is 35.6. The number of halogens is 3. The van der Waals surface area contributed by atoms with Crippen LogP contribution in [-0.2, 0) is 4.79 Å². The number of pyridine rings is 1. The predicted octanol–water partition coefficient (Wildman–Crippen LogP) is 2.84. The first-order valence-electron chi connectivity index (χ1n) is 12.2. The molecule has 9 nitrogen and oxygen atoms in total. The molecule has 1 unspecified atom stereocenters. The molecule has 2 amide bonds. The number of aromatic nitrogens is 1. The summed E-state index contributed by atoms with van der Waals surface area (Å²) in [4.78, 5) is 35.8. The fourth-order valence-electron chi connectivity index (χ4n) is 5.53. The first-order chi connectivity index (χ1) is 17.9. The lowest BCUT2D eigenvalue weighted by Crippen LogP contribution is -2.57. The standard InChI is InChI=1S/C26H28ClF2N5O4/c1-4-17(36)32-7-8-33-13(10-32)12-38-23-19(25(33)37)24(34-11-14(35)9-26(34,2)3)31-22(20(23)27)18-15(28)5-6-16(29)21(18)30/h4-6,13-14,35H,1,7-12,30H2,2-3H3/t13-,14?/m1/s1. The average Bonchev–Trinajstić information content (AvgIpc) is 3.06. The van der Waals surface area contributed by atoms with Crippen molar-refractivity contribution < 1.29 is 28.2 Å². The number of ether oxygens (including phenoxy) is 1. The molecule has 4 heterocycles. The van der Waals surface area contributed by atoms with Gasteiger partial charge in [-0.3, -0.25) is 9.59 Å². The number of benzene rings is 1. The van der Waals surface area contributed by atoms with Crippen LogP contribution in [0.5, 0.6) is 5.75 Å². The van der Waals surface area contributed by atoms with Crippen LogP contribution in [0.1, 0.15) is 30.6 Å². The number of fused-ring (bicyclic) bond motifs is 2. The number of nitrogens with two attached hydrogens (primary N) is 1. The summed E-state index contributed by atoms with van der Waals surface area (Å²) in [6.45, 7) is 8.19. The topological polar surface area (TPSA) is 112 Å². The van der Waals surface area contributed by atoms with Gasteiger partial charge < -0.3 is 30.3 Å². The van der Waals surface area contributed by atoms with Crippen molar-refractivity contribution in [3.63, 3.8) is 0 Å². The van der Waals surface area contributed by atoms with E-state index in [0.717, 1.165) is 12.1 Å². The summed E-state index contributed by atoms with van der Waals surface area (Å²) in [5, 5.41) is 10.3. The van der Waals surface area contributed by atoms with E-state index in [1.165, 1.54) is 6.08 Å². The molecular weight excluding hydrogens is 520 g/mol. The number of hydrogen-bond donors (Lipinski definition) is 2. The second-order valence-corrected chi connectivity index (χ2v) is 10.7. The van der Waals surface area contributed by atoms with E-state index < -0.39 is 40.9 Å². The minimum absolute atomic E-state index is 0.00455. The predicted molar refractivity (Wildman–Crippen MR) is 138 cm³/mol. The van der Waals surface area contributed by atoms with Crippen LogP contribution in [-0.4, -0.2) is 82.2 Å². The van der Waals surface area contributed by atoms with E-state index in [1.54, 1.807) is 14.7 Å². The number of hydrogen-bond acceptors (Lipinski definition) is 7. The van der Waals surface area contributed by atoms with Gasteiger partial charge in [0.25, 0.3) is 5.91 Å². The highest BCUT2D eigenvalue weighted by Gasteiger charge is 2.45. The Kier molecular flexibility index (Phi) is 6.47. The fourth-order valence-corrected chi connectivity index (χ4v) is 5.81. The molecule has 12 heteroatoms. The molecule has 5 rings (SSSR count). The van der Waals surface area contributed by atoms with Crippen LogP contribution in [0.4, 0.5) is 20.3 Å². The Hall–Kier alpha value is -3.44. The van der Waals surface area contributed by atoms with E-state index in [2.05, 4.69) is 11.6 Å². The lowest BCUT2D eigenvalue weighted by molar-refractivity contribution is -0.128. The summed E-state index contributed by atoms with van der Waals surface area (Å²) in [6, 6.07) is 1.33. The SMILES string of the molecule is C=CC(=O)N1CCN2C(=O)c3c(N4CC(O)CC4(C)C)nc(-c4c(F)ccc(F)c4N)c(Cl)c3OC[C@H]2C1. The minimum atomic E-state index is -0.853. The van der Waals surface area contributed by atoms with Gasteiger partial charge in [-0.2, -0.15) is 0 Å². The van der Waals surface area contributed by atoms with Crippen molar-refractivity contribution in [2.24, 2.45) is 0 Å². The normalized spacial score (nSPS) is 22.5. The monoisotopic (exact) mass is 547 g/mol. The van der Waals surface area contributed by atoms with Gasteiger partial charge in [-0.1, -0.05) is 18.2 Å². The lowest BCUT2D eigenvalue weighted by atomic mass is 9.99. The molecule has 0 bridgehead atoms. The quantitative estimate of drug-likeness (QED) is 0.449. The zero-order valence-electron chi connectivity index (χ0n) is 21.0. The Labute approximate surface area is 223 Å². The largest absolute Gasteiger partial charge is 0.489 e. The van der Waals surface area contributed by atoms with Crippen molar-refractivity contribution in [3.8, 4) is 17.0 Å². The van der Waals surface area contributed by atoms with Gasteiger partial charge in [0, 0.05) is 31.7 Å². The van der Waals surface area contributed by atoms with Crippen LogP contribution >= 0.6 is 11.6 Å². The molecule has 1 aromatic carbocycles. The average molecular weight is 548 g/mol. The van der Waals surface area contributed by atoms with Crippen LogP contribution in [0.2, 0.25) is 5.02 Å². The molecule has 3 aliphatic rings. The Bertz CT molecular complexity index is 1350. The Morgan fingerprint density at radius 1 is 1.26 bits per heavy atom. The van der Waals surface area contributed by atoms with Crippen molar-refractivity contribution >= 4 is 34.9 Å². The van der Waals surface area contributed by atoms with E-state index in [-0.39, 0.29) is 65.6 Å². The summed E-state index contributed by atoms with van der Waals surface area (Å²) in [5.41, 5.74) is 4.33. The van der Waals surface area contributed by atoms with E-state index in [1.807, 2.05) is 13.8 Å². The van der Waals surface area contributed by atoms with Crippen molar-refractivity contribution in [3.05, 3.63) is 47.0 Å². The van der Waals surface area contributed by atoms with Crippen LogP contribution < -0.4 is 15.4 Å². The van der Waals surface area contributed by atoms with E-state index >= 15 is 4.39 Å². The molecule has 2 saturated heterocycles. The molecular formula is C26H28ClF2N5O4. The Morgan fingerprint density at radius 2 is 1.97 bits per heavy atom. The molecule has 2 aromatic rings. The first kappa shape index (κ1) is 26.2. The van der Waals surface area contributed by atoms with Crippen molar-refractivity contribution in [1.29, 1.82) is 0 Å². The second kappa shape index (κ2) is 9.39. The van der Waals surface area contributed by atoms with Crippen LogP contribution in [0.25, 0.3) is 11.3 Å². The molecule has 2 atom stereocenters. The summed E-state index contributed by atoms with van der Waals surface area (Å²) >= 11 is 6.72. The number of anilines is 2. The molecule has 202 valence electrons. The molecule has 2 fully saturated rings. The van der Waals surface area contributed by atoms with Crippen LogP contribution in [0.3, 0.4) is 0 Å². The Balaban J connectivity index is 1.71. The van der Waals surface area contributed by atoms with E-state index in [4.69, 9.17) is 22.1 Å². The molecule has 0 aliphatic carbocycles. The number of carbonyl (C=O) groups excluding carboxylic acids is 2. The number of aliphatic hydroxyl groups excluding tert-OH is 1. The zero-order chi connectivity index (χ0) is 27.5. The van der Waals surface area contributed by atoms with Gasteiger partial charge in [-0.15, -0.1) is 0 Å². The van der Waals surface area contributed by atoms with Gasteiger partial charge in [0.05, 0.1) is 23.4 Å². The molecule has 3 N–H and O–H groups in total. The third-order valence-corrected chi connectivity index (χ3v) is 7.78. The molecule has 0 spiro atoms. The Morgan fingerprint density at radius 3 is 2.63 bits per heavy atom. The number of rotatable bonds is 3. The lowest BCUT2D eigenvalue weighted by Gasteiger charge is -2.40. The van der Waals surface area contributed by atoms with Crippen LogP contribution in [0, 0.1) is 11.6 Å². The molecule has 0 radical (unpaired) electrons. The van der Waals surface area contributed by atoms with E-state index in [0.29, 0.717) is 13.0 Å². The number of nitrogen functional groups attached to an aromatic ring is 1. The van der Waals surface area contributed by atoms with Gasteiger partial charge in [0.15, 0.2) is 5.75 Å². The van der Waals surface area contributed by atoms with Gasteiger partial charge >= 0.3 is 0 Å². The number of β-amino-alcohol motifs (C(OH)–C–C–N with tert-alkyl or cyclic N) is 1. The van der Waals surface area contributed by atoms with E-state index in [9.17, 15) is 19.1 Å². The van der Waals surface area contributed by atoms with Crippen LogP contribution in [0.15, 0.2) is 24.8 Å². The zero-order valence-corrected chi connectivity index (χ0v) is 21.8. The summed E-state index contributed by atoms with van der Waals surface area (Å²) in [7, 11) is 0. The van der Waals surface area contributed by atoms with Crippen molar-refractivity contribution in [2.75, 3.05) is 43.4 Å². The van der Waals surface area contributed by atoms with Gasteiger partial charge in [0.2, 0.25) is 5.91 Å². The van der Waals surface area contributed by atoms with Gasteiger partial charge in [0.1, 0.15) is 40.3 Å². The number of aliphatic hydroxyl groups is 1. The molecule has 38 heavy (non-hydrogen) atoms. The first-order valence-corrected chi connectivity index (χ1v) is 12.6. The highest BCUT2D eigenvalue weighted by atomic mass is 35.5. The fraction of sp³-hybridized carbons (Fsp3) is 0.423. The number of amides is 2. The van der Waals surface area contributed by atoms with Crippen molar-refractivity contribution in [2.45, 2.75) is 38.0 Å². The van der Waals surface area contributed by atoms with Gasteiger partial charge in [-0.05, 0) is 38.5 Å². The minimum Gasteiger partial charge on any atom is -0.489 e. The summed E-state index contributed by atoms with van der Waals surface area (Å²) in [6.07, 6.45) is 0.895. The molecule has 1 aromatic heterocycles. The maximum Gasteiger partial charge on any atom is 0.261 e. The number of carbonyl (C=O) groups is 2. The summed E-state index contributed by atoms with van der Waals surface area (Å²) in [5.74, 6) is -2.29. The van der Waals surface area contributed by atoms with Gasteiger partial charge in [-0.25, -0.2) is 13.8 Å². The second-order valence-electron chi connectivity index (χ2n) is 10.4. The number of nitrogens with zero attached hydrogens (tertiary/aromatic N) is 4. The smallest absolute Gasteiger partial charge is 0.261 e. The maximum atomic E-state index is 15.0. The molecule has 0 saturated carbocycles. The highest BCUT2D eigenvalue weighted by molar-refractivity contribution is 6.35. The maximum absolute atomic E-state index is 15.0. The third-order valence-electron chi connectivity index (χ3n) is 7.43. The molecule has 3 aliphatic heterocycles. The van der Waals surface area contributed by atoms with Crippen molar-refractivity contribution in [1.82, 2.24) is 14.8 Å². The highest BCUT2D eigenvalue weighted by Crippen LogP contribution is 2.47. The third kappa shape index (κ3) is 4.14. The number of piperazine rings is 1.